The van der Waals surface area contributed by atoms with Crippen molar-refractivity contribution < 1.29 is 9.59 Å². The summed E-state index contributed by atoms with van der Waals surface area (Å²) in [5.74, 6) is 0.131. The van der Waals surface area contributed by atoms with Crippen molar-refractivity contribution in [2.75, 3.05) is 13.1 Å². The summed E-state index contributed by atoms with van der Waals surface area (Å²) in [6.45, 7) is 5.54. The van der Waals surface area contributed by atoms with Crippen molar-refractivity contribution in [2.24, 2.45) is 0 Å². The van der Waals surface area contributed by atoms with Crippen LogP contribution in [0.4, 0.5) is 0 Å². The maximum atomic E-state index is 12.5. The number of amides is 2. The number of hydrogen-bond donors (Lipinski definition) is 2. The van der Waals surface area contributed by atoms with Gasteiger partial charge in [0.25, 0.3) is 5.91 Å². The summed E-state index contributed by atoms with van der Waals surface area (Å²) in [5, 5.41) is 6.35. The molecule has 26 heavy (non-hydrogen) atoms. The molecule has 1 saturated heterocycles. The van der Waals surface area contributed by atoms with Crippen LogP contribution in [0.2, 0.25) is 0 Å². The van der Waals surface area contributed by atoms with Crippen molar-refractivity contribution in [3.8, 4) is 0 Å². The fourth-order valence-corrected chi connectivity index (χ4v) is 4.64. The van der Waals surface area contributed by atoms with Crippen LogP contribution >= 0.6 is 11.3 Å². The van der Waals surface area contributed by atoms with E-state index >= 15 is 0 Å². The van der Waals surface area contributed by atoms with Crippen LogP contribution in [0.25, 0.3) is 0 Å². The largest absolute Gasteiger partial charge is 0.352 e. The van der Waals surface area contributed by atoms with Crippen LogP contribution in [0, 0.1) is 6.92 Å². The van der Waals surface area contributed by atoms with Gasteiger partial charge in [-0.1, -0.05) is 19.3 Å². The standard InChI is InChI=1S/C19H30N4O2S/c1-13-17(26-12-20-13)19(25)22-16-8-10-23(11-9-16)14(2)18(24)21-15-6-4-3-5-7-15/h12,14-16H,3-11H2,1-2H3,(H,21,24)(H,22,25). The molecule has 2 N–H and O–H groups in total. The number of rotatable bonds is 5. The molecule has 1 saturated carbocycles. The van der Waals surface area contributed by atoms with Crippen LogP contribution in [-0.2, 0) is 4.79 Å². The summed E-state index contributed by atoms with van der Waals surface area (Å²) in [7, 11) is 0. The van der Waals surface area contributed by atoms with Gasteiger partial charge >= 0.3 is 0 Å². The first-order valence-electron chi connectivity index (χ1n) is 9.80. The molecule has 1 aromatic rings. The first kappa shape index (κ1) is 19.3. The highest BCUT2D eigenvalue weighted by atomic mass is 32.1. The number of aromatic nitrogens is 1. The molecule has 2 fully saturated rings. The molecule has 1 aliphatic carbocycles. The highest BCUT2D eigenvalue weighted by Gasteiger charge is 2.29. The van der Waals surface area contributed by atoms with E-state index in [0.717, 1.165) is 44.5 Å². The third kappa shape index (κ3) is 4.82. The number of likely N-dealkylation sites (tertiary alicyclic amines) is 1. The Morgan fingerprint density at radius 2 is 1.77 bits per heavy atom. The maximum Gasteiger partial charge on any atom is 0.263 e. The lowest BCUT2D eigenvalue weighted by atomic mass is 9.95. The summed E-state index contributed by atoms with van der Waals surface area (Å²) < 4.78 is 0. The minimum absolute atomic E-state index is 0.0217. The van der Waals surface area contributed by atoms with Crippen molar-refractivity contribution in [1.82, 2.24) is 20.5 Å². The van der Waals surface area contributed by atoms with Gasteiger partial charge in [-0.05, 0) is 39.5 Å². The third-order valence-corrected chi connectivity index (χ3v) is 6.62. The summed E-state index contributed by atoms with van der Waals surface area (Å²) in [5.41, 5.74) is 2.50. The molecular weight excluding hydrogens is 348 g/mol. The summed E-state index contributed by atoms with van der Waals surface area (Å²) in [6, 6.07) is 0.435. The van der Waals surface area contributed by atoms with Crippen LogP contribution in [-0.4, -0.2) is 52.9 Å². The smallest absolute Gasteiger partial charge is 0.263 e. The molecule has 2 heterocycles. The van der Waals surface area contributed by atoms with Crippen LogP contribution in [0.3, 0.4) is 0 Å². The summed E-state index contributed by atoms with van der Waals surface area (Å²) in [6.07, 6.45) is 7.73. The molecule has 2 amide bonds. The van der Waals surface area contributed by atoms with E-state index in [9.17, 15) is 9.59 Å². The number of carbonyl (C=O) groups excluding carboxylic acids is 2. The zero-order valence-electron chi connectivity index (χ0n) is 15.8. The molecule has 2 aliphatic rings. The van der Waals surface area contributed by atoms with Gasteiger partial charge in [0.2, 0.25) is 5.91 Å². The van der Waals surface area contributed by atoms with E-state index in [1.165, 1.54) is 30.6 Å². The number of hydrogen-bond acceptors (Lipinski definition) is 5. The van der Waals surface area contributed by atoms with Gasteiger partial charge in [0.15, 0.2) is 0 Å². The molecule has 1 aromatic heterocycles. The van der Waals surface area contributed by atoms with Crippen LogP contribution < -0.4 is 10.6 Å². The molecule has 1 unspecified atom stereocenters. The summed E-state index contributed by atoms with van der Waals surface area (Å²) >= 11 is 1.39. The summed E-state index contributed by atoms with van der Waals surface area (Å²) in [4.78, 5) is 31.9. The molecule has 6 nitrogen and oxygen atoms in total. The lowest BCUT2D eigenvalue weighted by Gasteiger charge is -2.36. The van der Waals surface area contributed by atoms with Crippen molar-refractivity contribution in [3.05, 3.63) is 16.1 Å². The molecule has 3 rings (SSSR count). The van der Waals surface area contributed by atoms with E-state index < -0.39 is 0 Å². The topological polar surface area (TPSA) is 74.3 Å². The molecular formula is C19H30N4O2S. The number of nitrogens with zero attached hydrogens (tertiary/aromatic N) is 2. The Bertz CT molecular complexity index is 619. The van der Waals surface area contributed by atoms with E-state index in [0.29, 0.717) is 10.9 Å². The second kappa shape index (κ2) is 8.95. The Kier molecular flexibility index (Phi) is 6.64. The Morgan fingerprint density at radius 3 is 2.38 bits per heavy atom. The lowest BCUT2D eigenvalue weighted by molar-refractivity contribution is -0.127. The van der Waals surface area contributed by atoms with Gasteiger partial charge in [-0.3, -0.25) is 14.5 Å². The maximum absolute atomic E-state index is 12.5. The monoisotopic (exact) mass is 378 g/mol. The fraction of sp³-hybridized carbons (Fsp3) is 0.737. The molecule has 0 spiro atoms. The van der Waals surface area contributed by atoms with Gasteiger partial charge in [0, 0.05) is 25.2 Å². The molecule has 144 valence electrons. The molecule has 7 heteroatoms. The normalized spacial score (nSPS) is 21.3. The minimum Gasteiger partial charge on any atom is -0.352 e. The highest BCUT2D eigenvalue weighted by Crippen LogP contribution is 2.19. The Labute approximate surface area is 159 Å². The molecule has 0 bridgehead atoms. The van der Waals surface area contributed by atoms with Gasteiger partial charge in [0.05, 0.1) is 17.2 Å². The van der Waals surface area contributed by atoms with Gasteiger partial charge in [-0.2, -0.15) is 0 Å². The van der Waals surface area contributed by atoms with Crippen LogP contribution in [0.15, 0.2) is 5.51 Å². The zero-order valence-corrected chi connectivity index (χ0v) is 16.6. The molecule has 0 aromatic carbocycles. The average Bonchev–Trinajstić information content (AvgIpc) is 3.08. The lowest BCUT2D eigenvalue weighted by Crippen LogP contribution is -2.53. The van der Waals surface area contributed by atoms with Crippen molar-refractivity contribution in [3.63, 3.8) is 0 Å². The predicted octanol–water partition coefficient (Wildman–Crippen LogP) is 2.48. The van der Waals surface area contributed by atoms with Gasteiger partial charge < -0.3 is 10.6 Å². The van der Waals surface area contributed by atoms with Gasteiger partial charge in [-0.15, -0.1) is 11.3 Å². The van der Waals surface area contributed by atoms with Crippen LogP contribution in [0.1, 0.15) is 67.2 Å². The number of piperidine rings is 1. The zero-order chi connectivity index (χ0) is 18.5. The number of nitrogens with one attached hydrogen (secondary N) is 2. The third-order valence-electron chi connectivity index (χ3n) is 5.70. The fourth-order valence-electron chi connectivity index (χ4n) is 3.94. The Morgan fingerprint density at radius 1 is 1.12 bits per heavy atom. The second-order valence-corrected chi connectivity index (χ2v) is 8.42. The SMILES string of the molecule is Cc1ncsc1C(=O)NC1CCN(C(C)C(=O)NC2CCCCC2)CC1. The molecule has 0 radical (unpaired) electrons. The molecule has 1 atom stereocenters. The van der Waals surface area contributed by atoms with Crippen LogP contribution in [0.5, 0.6) is 0 Å². The van der Waals surface area contributed by atoms with E-state index in [2.05, 4.69) is 20.5 Å². The van der Waals surface area contributed by atoms with Crippen molar-refractivity contribution >= 4 is 23.2 Å². The van der Waals surface area contributed by atoms with E-state index in [1.54, 1.807) is 5.51 Å². The average molecular weight is 379 g/mol. The second-order valence-electron chi connectivity index (χ2n) is 7.57. The van der Waals surface area contributed by atoms with Crippen molar-refractivity contribution in [2.45, 2.75) is 76.9 Å². The quantitative estimate of drug-likeness (QED) is 0.825. The molecule has 1 aliphatic heterocycles. The number of carbonyl (C=O) groups is 2. The first-order chi connectivity index (χ1) is 12.5. The van der Waals surface area contributed by atoms with Gasteiger partial charge in [0.1, 0.15) is 4.88 Å². The number of thiazole rings is 1. The minimum atomic E-state index is -0.0997. The van der Waals surface area contributed by atoms with E-state index in [-0.39, 0.29) is 23.9 Å². The van der Waals surface area contributed by atoms with E-state index in [4.69, 9.17) is 0 Å². The van der Waals surface area contributed by atoms with Gasteiger partial charge in [-0.25, -0.2) is 4.98 Å². The Balaban J connectivity index is 1.43. The van der Waals surface area contributed by atoms with Crippen molar-refractivity contribution in [1.29, 1.82) is 0 Å². The Hall–Kier alpha value is -1.47. The first-order valence-corrected chi connectivity index (χ1v) is 10.7. The highest BCUT2D eigenvalue weighted by molar-refractivity contribution is 7.11. The van der Waals surface area contributed by atoms with E-state index in [1.807, 2.05) is 13.8 Å². The predicted molar refractivity (Wildman–Crippen MR) is 103 cm³/mol. The number of aryl methyl sites for hydroxylation is 1.